The zero-order valence-electron chi connectivity index (χ0n) is 10.9. The zero-order valence-corrected chi connectivity index (χ0v) is 11.8. The number of aryl methyl sites for hydroxylation is 1. The summed E-state index contributed by atoms with van der Waals surface area (Å²) in [6, 6.07) is 0. The number of nitrogens with zero attached hydrogens (tertiary/aromatic N) is 2. The molecule has 6 nitrogen and oxygen atoms in total. The van der Waals surface area contributed by atoms with Crippen LogP contribution in [0.15, 0.2) is 12.2 Å². The third-order valence-electron chi connectivity index (χ3n) is 4.05. The van der Waals surface area contributed by atoms with Crippen molar-refractivity contribution in [1.29, 1.82) is 0 Å². The average molecular weight is 293 g/mol. The lowest BCUT2D eigenvalue weighted by Gasteiger charge is -2.23. The van der Waals surface area contributed by atoms with Crippen molar-refractivity contribution >= 4 is 28.3 Å². The van der Waals surface area contributed by atoms with Crippen molar-refractivity contribution in [1.82, 2.24) is 10.2 Å². The maximum Gasteiger partial charge on any atom is 0.307 e. The van der Waals surface area contributed by atoms with Crippen LogP contribution in [0.4, 0.5) is 5.13 Å². The highest BCUT2D eigenvalue weighted by atomic mass is 32.1. The van der Waals surface area contributed by atoms with E-state index in [4.69, 9.17) is 0 Å². The second-order valence-electron chi connectivity index (χ2n) is 5.18. The molecule has 1 aromatic rings. The number of rotatable bonds is 4. The van der Waals surface area contributed by atoms with Gasteiger partial charge in [0.25, 0.3) is 0 Å². The SMILES string of the molecule is CCc1nnc(NC(=O)C2C3C=CC(C3)C2C(=O)O)s1. The third-order valence-corrected chi connectivity index (χ3v) is 5.03. The van der Waals surface area contributed by atoms with Gasteiger partial charge in [-0.25, -0.2) is 0 Å². The molecule has 2 aliphatic rings. The Balaban J connectivity index is 1.76. The number of aromatic nitrogens is 2. The van der Waals surface area contributed by atoms with E-state index in [1.165, 1.54) is 11.3 Å². The molecule has 0 aliphatic heterocycles. The Morgan fingerprint density at radius 2 is 2.05 bits per heavy atom. The first-order valence-corrected chi connectivity index (χ1v) is 7.46. The number of anilines is 1. The molecule has 1 aromatic heterocycles. The number of carboxylic acid groups (broad SMARTS) is 1. The highest BCUT2D eigenvalue weighted by Crippen LogP contribution is 2.48. The summed E-state index contributed by atoms with van der Waals surface area (Å²) >= 11 is 1.33. The molecule has 20 heavy (non-hydrogen) atoms. The fraction of sp³-hybridized carbons (Fsp3) is 0.538. The van der Waals surface area contributed by atoms with E-state index in [1.54, 1.807) is 0 Å². The van der Waals surface area contributed by atoms with Crippen LogP contribution >= 0.6 is 11.3 Å². The van der Waals surface area contributed by atoms with Gasteiger partial charge in [0.05, 0.1) is 11.8 Å². The number of aliphatic carboxylic acids is 1. The zero-order chi connectivity index (χ0) is 14.3. The molecule has 4 atom stereocenters. The number of carbonyl (C=O) groups excluding carboxylic acids is 1. The summed E-state index contributed by atoms with van der Waals surface area (Å²) in [7, 11) is 0. The molecule has 0 saturated heterocycles. The highest BCUT2D eigenvalue weighted by molar-refractivity contribution is 7.15. The monoisotopic (exact) mass is 293 g/mol. The Labute approximate surface area is 119 Å². The van der Waals surface area contributed by atoms with Crippen molar-refractivity contribution in [2.75, 3.05) is 5.32 Å². The summed E-state index contributed by atoms with van der Waals surface area (Å²) < 4.78 is 0. The molecule has 2 N–H and O–H groups in total. The molecule has 106 valence electrons. The molecule has 1 heterocycles. The molecule has 1 saturated carbocycles. The van der Waals surface area contributed by atoms with Gasteiger partial charge in [-0.15, -0.1) is 10.2 Å². The van der Waals surface area contributed by atoms with Crippen molar-refractivity contribution in [3.63, 3.8) is 0 Å². The largest absolute Gasteiger partial charge is 0.481 e. The van der Waals surface area contributed by atoms with Crippen molar-refractivity contribution < 1.29 is 14.7 Å². The molecule has 0 radical (unpaired) electrons. The molecule has 0 spiro atoms. The normalized spacial score (nSPS) is 30.6. The number of hydrogen-bond donors (Lipinski definition) is 2. The lowest BCUT2D eigenvalue weighted by atomic mass is 9.82. The van der Waals surface area contributed by atoms with Gasteiger partial charge in [-0.05, 0) is 24.7 Å². The summed E-state index contributed by atoms with van der Waals surface area (Å²) in [5.41, 5.74) is 0. The quantitative estimate of drug-likeness (QED) is 0.822. The van der Waals surface area contributed by atoms with Gasteiger partial charge in [0.1, 0.15) is 5.01 Å². The number of allylic oxidation sites excluding steroid dienone is 2. The highest BCUT2D eigenvalue weighted by Gasteiger charge is 2.51. The van der Waals surface area contributed by atoms with Crippen molar-refractivity contribution in [3.8, 4) is 0 Å². The first-order chi connectivity index (χ1) is 9.60. The smallest absolute Gasteiger partial charge is 0.307 e. The van der Waals surface area contributed by atoms with Gasteiger partial charge in [0.2, 0.25) is 11.0 Å². The van der Waals surface area contributed by atoms with E-state index in [9.17, 15) is 14.7 Å². The summed E-state index contributed by atoms with van der Waals surface area (Å²) in [5.74, 6) is -2.27. The van der Waals surface area contributed by atoms with Gasteiger partial charge in [0, 0.05) is 0 Å². The Hall–Kier alpha value is -1.76. The number of nitrogens with one attached hydrogen (secondary N) is 1. The number of carbonyl (C=O) groups is 2. The predicted molar refractivity (Wildman–Crippen MR) is 73.3 cm³/mol. The number of fused-ring (bicyclic) bond motifs is 2. The Morgan fingerprint density at radius 3 is 2.65 bits per heavy atom. The summed E-state index contributed by atoms with van der Waals surface area (Å²) in [6.45, 7) is 1.97. The molecule has 2 aliphatic carbocycles. The van der Waals surface area contributed by atoms with E-state index in [1.807, 2.05) is 19.1 Å². The van der Waals surface area contributed by atoms with Crippen LogP contribution in [0.3, 0.4) is 0 Å². The fourth-order valence-electron chi connectivity index (χ4n) is 3.15. The van der Waals surface area contributed by atoms with Gasteiger partial charge in [-0.3, -0.25) is 9.59 Å². The molecule has 7 heteroatoms. The van der Waals surface area contributed by atoms with Gasteiger partial charge < -0.3 is 10.4 Å². The Kier molecular flexibility index (Phi) is 3.29. The second kappa shape index (κ2) is 4.97. The topological polar surface area (TPSA) is 92.2 Å². The van der Waals surface area contributed by atoms with E-state index in [0.29, 0.717) is 5.13 Å². The van der Waals surface area contributed by atoms with E-state index >= 15 is 0 Å². The van der Waals surface area contributed by atoms with Crippen LogP contribution < -0.4 is 5.32 Å². The van der Waals surface area contributed by atoms with Crippen LogP contribution in [0.1, 0.15) is 18.4 Å². The molecular formula is C13H15N3O3S. The van der Waals surface area contributed by atoms with Crippen molar-refractivity contribution in [2.24, 2.45) is 23.7 Å². The third kappa shape index (κ3) is 2.11. The fourth-order valence-corrected chi connectivity index (χ4v) is 3.83. The molecule has 0 aromatic carbocycles. The maximum absolute atomic E-state index is 12.3. The molecule has 1 amide bonds. The standard InChI is InChI=1S/C13H15N3O3S/c1-2-8-15-16-13(20-8)14-11(17)9-6-3-4-7(5-6)10(9)12(18)19/h3-4,6-7,9-10H,2,5H2,1H3,(H,18,19)(H,14,16,17). The van der Waals surface area contributed by atoms with E-state index in [-0.39, 0.29) is 17.7 Å². The van der Waals surface area contributed by atoms with Gasteiger partial charge in [0.15, 0.2) is 0 Å². The molecule has 2 bridgehead atoms. The predicted octanol–water partition coefficient (Wildman–Crippen LogP) is 1.56. The van der Waals surface area contributed by atoms with E-state index in [0.717, 1.165) is 17.8 Å². The van der Waals surface area contributed by atoms with Crippen molar-refractivity contribution in [2.45, 2.75) is 19.8 Å². The molecule has 4 unspecified atom stereocenters. The lowest BCUT2D eigenvalue weighted by Crippen LogP contribution is -2.36. The first kappa shape index (κ1) is 13.2. The Bertz CT molecular complexity index is 583. The van der Waals surface area contributed by atoms with E-state index in [2.05, 4.69) is 15.5 Å². The molecular weight excluding hydrogens is 278 g/mol. The van der Waals surface area contributed by atoms with Crippen LogP contribution in [0.5, 0.6) is 0 Å². The van der Waals surface area contributed by atoms with Crippen LogP contribution in [-0.4, -0.2) is 27.2 Å². The van der Waals surface area contributed by atoms with Crippen LogP contribution in [0, 0.1) is 23.7 Å². The van der Waals surface area contributed by atoms with Crippen LogP contribution in [0.25, 0.3) is 0 Å². The average Bonchev–Trinajstić information content (AvgIpc) is 3.12. The van der Waals surface area contributed by atoms with Gasteiger partial charge >= 0.3 is 5.97 Å². The van der Waals surface area contributed by atoms with Crippen LogP contribution in [-0.2, 0) is 16.0 Å². The summed E-state index contributed by atoms with van der Waals surface area (Å²) in [5, 5.41) is 21.2. The van der Waals surface area contributed by atoms with Gasteiger partial charge in [-0.2, -0.15) is 0 Å². The minimum atomic E-state index is -0.895. The number of amides is 1. The first-order valence-electron chi connectivity index (χ1n) is 6.64. The van der Waals surface area contributed by atoms with Gasteiger partial charge in [-0.1, -0.05) is 30.4 Å². The summed E-state index contributed by atoms with van der Waals surface area (Å²) in [6.07, 6.45) is 5.41. The second-order valence-corrected chi connectivity index (χ2v) is 6.24. The summed E-state index contributed by atoms with van der Waals surface area (Å²) in [4.78, 5) is 23.7. The molecule has 3 rings (SSSR count). The number of hydrogen-bond acceptors (Lipinski definition) is 5. The minimum Gasteiger partial charge on any atom is -0.481 e. The Morgan fingerprint density at radius 1 is 1.35 bits per heavy atom. The number of carboxylic acids is 1. The van der Waals surface area contributed by atoms with Crippen molar-refractivity contribution in [3.05, 3.63) is 17.2 Å². The molecule has 1 fully saturated rings. The maximum atomic E-state index is 12.3. The van der Waals surface area contributed by atoms with E-state index < -0.39 is 17.8 Å². The minimum absolute atomic E-state index is 0.0196. The van der Waals surface area contributed by atoms with Crippen LogP contribution in [0.2, 0.25) is 0 Å². The lowest BCUT2D eigenvalue weighted by molar-refractivity contribution is -0.146.